The highest BCUT2D eigenvalue weighted by Crippen LogP contribution is 2.30. The molecule has 0 aliphatic heterocycles. The monoisotopic (exact) mass is 213 g/mol. The average molecular weight is 213 g/mol. The van der Waals surface area contributed by atoms with Gasteiger partial charge in [0.05, 0.1) is 0 Å². The molecule has 1 amide bonds. The van der Waals surface area contributed by atoms with Crippen LogP contribution in [0.2, 0.25) is 0 Å². The van der Waals surface area contributed by atoms with E-state index in [-0.39, 0.29) is 12.5 Å². The van der Waals surface area contributed by atoms with E-state index in [2.05, 4.69) is 19.2 Å². The van der Waals surface area contributed by atoms with E-state index in [1.54, 1.807) is 0 Å². The summed E-state index contributed by atoms with van der Waals surface area (Å²) in [6, 6.07) is 0.359. The van der Waals surface area contributed by atoms with E-state index in [1.165, 1.54) is 6.42 Å². The van der Waals surface area contributed by atoms with Gasteiger partial charge in [0, 0.05) is 12.6 Å². The Morgan fingerprint density at radius 3 is 2.67 bits per heavy atom. The number of amides is 1. The van der Waals surface area contributed by atoms with Crippen molar-refractivity contribution in [3.05, 3.63) is 0 Å². The van der Waals surface area contributed by atoms with E-state index < -0.39 is 0 Å². The molecule has 0 saturated heterocycles. The Morgan fingerprint density at radius 1 is 1.40 bits per heavy atom. The van der Waals surface area contributed by atoms with Crippen LogP contribution in [-0.4, -0.2) is 25.2 Å². The number of nitrogens with one attached hydrogen (secondary N) is 1. The molecular formula is C12H23NO2. The van der Waals surface area contributed by atoms with E-state index in [0.29, 0.717) is 18.6 Å². The minimum absolute atomic E-state index is 0.0365. The predicted molar refractivity (Wildman–Crippen MR) is 60.6 cm³/mol. The minimum atomic E-state index is 0.0365. The van der Waals surface area contributed by atoms with E-state index in [9.17, 15) is 4.79 Å². The number of rotatable bonds is 5. The first-order valence-corrected chi connectivity index (χ1v) is 6.02. The molecule has 0 spiro atoms. The van der Waals surface area contributed by atoms with Gasteiger partial charge in [0.25, 0.3) is 0 Å². The Labute approximate surface area is 92.6 Å². The third-order valence-corrected chi connectivity index (χ3v) is 3.39. The van der Waals surface area contributed by atoms with Crippen molar-refractivity contribution in [3.8, 4) is 0 Å². The van der Waals surface area contributed by atoms with Gasteiger partial charge in [-0.1, -0.05) is 20.8 Å². The summed E-state index contributed by atoms with van der Waals surface area (Å²) in [5.74, 6) is 1.36. The van der Waals surface area contributed by atoms with Crippen LogP contribution >= 0.6 is 0 Å². The zero-order chi connectivity index (χ0) is 11.3. The fourth-order valence-corrected chi connectivity index (χ4v) is 2.13. The Bertz CT molecular complexity index is 206. The van der Waals surface area contributed by atoms with Crippen LogP contribution in [0.25, 0.3) is 0 Å². The van der Waals surface area contributed by atoms with E-state index in [1.807, 2.05) is 6.92 Å². The third-order valence-electron chi connectivity index (χ3n) is 3.39. The molecule has 0 aromatic heterocycles. The summed E-state index contributed by atoms with van der Waals surface area (Å²) in [4.78, 5) is 11.5. The lowest BCUT2D eigenvalue weighted by molar-refractivity contribution is -0.126. The fraction of sp³-hybridized carbons (Fsp3) is 0.917. The summed E-state index contributed by atoms with van der Waals surface area (Å²) in [5.41, 5.74) is 0. The highest BCUT2D eigenvalue weighted by Gasteiger charge is 2.30. The first-order valence-electron chi connectivity index (χ1n) is 6.02. The summed E-state index contributed by atoms with van der Waals surface area (Å²) in [6.07, 6.45) is 3.30. The zero-order valence-corrected chi connectivity index (χ0v) is 10.1. The number of hydrogen-bond donors (Lipinski definition) is 1. The molecule has 1 saturated carbocycles. The van der Waals surface area contributed by atoms with E-state index in [4.69, 9.17) is 4.74 Å². The van der Waals surface area contributed by atoms with Gasteiger partial charge in [0.15, 0.2) is 0 Å². The smallest absolute Gasteiger partial charge is 0.246 e. The Kier molecular flexibility index (Phi) is 5.09. The highest BCUT2D eigenvalue weighted by atomic mass is 16.5. The first-order chi connectivity index (χ1) is 7.15. The lowest BCUT2D eigenvalue weighted by Gasteiger charge is -2.19. The minimum Gasteiger partial charge on any atom is -0.372 e. The highest BCUT2D eigenvalue weighted by molar-refractivity contribution is 5.77. The predicted octanol–water partition coefficient (Wildman–Crippen LogP) is 1.96. The molecule has 88 valence electrons. The standard InChI is InChI=1S/C12H23NO2/c1-4-7-15-8-12(14)13-11-6-5-9(2)10(11)3/h9-11H,4-8H2,1-3H3,(H,13,14). The van der Waals surface area contributed by atoms with Crippen molar-refractivity contribution in [2.45, 2.75) is 46.1 Å². The normalized spacial score (nSPS) is 30.5. The van der Waals surface area contributed by atoms with E-state index >= 15 is 0 Å². The Morgan fingerprint density at radius 2 is 2.13 bits per heavy atom. The number of ether oxygens (including phenoxy) is 1. The van der Waals surface area contributed by atoms with Crippen molar-refractivity contribution in [3.63, 3.8) is 0 Å². The molecule has 1 N–H and O–H groups in total. The SMILES string of the molecule is CCCOCC(=O)NC1CCC(C)C1C. The summed E-state index contributed by atoms with van der Waals surface area (Å²) in [6.45, 7) is 7.40. The quantitative estimate of drug-likeness (QED) is 0.709. The molecule has 0 radical (unpaired) electrons. The van der Waals surface area contributed by atoms with Crippen LogP contribution in [0, 0.1) is 11.8 Å². The molecule has 3 atom stereocenters. The molecule has 0 aromatic rings. The summed E-state index contributed by atoms with van der Waals surface area (Å²) < 4.78 is 5.20. The van der Waals surface area contributed by atoms with Crippen LogP contribution in [0.3, 0.4) is 0 Å². The van der Waals surface area contributed by atoms with Crippen LogP contribution in [-0.2, 0) is 9.53 Å². The van der Waals surface area contributed by atoms with Crippen molar-refractivity contribution >= 4 is 5.91 Å². The van der Waals surface area contributed by atoms with Crippen LogP contribution in [0.15, 0.2) is 0 Å². The molecule has 3 heteroatoms. The second-order valence-electron chi connectivity index (χ2n) is 4.64. The molecule has 0 heterocycles. The first kappa shape index (κ1) is 12.5. The molecule has 0 bridgehead atoms. The van der Waals surface area contributed by atoms with Gasteiger partial charge in [0.2, 0.25) is 5.91 Å². The van der Waals surface area contributed by atoms with Crippen LogP contribution in [0.4, 0.5) is 0 Å². The lowest BCUT2D eigenvalue weighted by atomic mass is 9.98. The molecule has 3 nitrogen and oxygen atoms in total. The van der Waals surface area contributed by atoms with Gasteiger partial charge >= 0.3 is 0 Å². The van der Waals surface area contributed by atoms with Crippen LogP contribution in [0.5, 0.6) is 0 Å². The van der Waals surface area contributed by atoms with Gasteiger partial charge < -0.3 is 10.1 Å². The second-order valence-corrected chi connectivity index (χ2v) is 4.64. The van der Waals surface area contributed by atoms with Crippen molar-refractivity contribution in [2.75, 3.05) is 13.2 Å². The van der Waals surface area contributed by atoms with E-state index in [0.717, 1.165) is 18.8 Å². The summed E-state index contributed by atoms with van der Waals surface area (Å²) in [7, 11) is 0. The molecule has 1 fully saturated rings. The molecule has 0 aromatic carbocycles. The molecule has 1 rings (SSSR count). The topological polar surface area (TPSA) is 38.3 Å². The van der Waals surface area contributed by atoms with Crippen LogP contribution < -0.4 is 5.32 Å². The van der Waals surface area contributed by atoms with Crippen molar-refractivity contribution in [1.82, 2.24) is 5.32 Å². The molecular weight excluding hydrogens is 190 g/mol. The second kappa shape index (κ2) is 6.11. The van der Waals surface area contributed by atoms with Gasteiger partial charge in [-0.05, 0) is 31.1 Å². The zero-order valence-electron chi connectivity index (χ0n) is 10.1. The number of carbonyl (C=O) groups is 1. The van der Waals surface area contributed by atoms with Gasteiger partial charge in [0.1, 0.15) is 6.61 Å². The Hall–Kier alpha value is -0.570. The lowest BCUT2D eigenvalue weighted by Crippen LogP contribution is -2.39. The maximum atomic E-state index is 11.5. The van der Waals surface area contributed by atoms with Crippen molar-refractivity contribution in [1.29, 1.82) is 0 Å². The number of hydrogen-bond acceptors (Lipinski definition) is 2. The van der Waals surface area contributed by atoms with Gasteiger partial charge in [-0.2, -0.15) is 0 Å². The maximum absolute atomic E-state index is 11.5. The largest absolute Gasteiger partial charge is 0.372 e. The summed E-state index contributed by atoms with van der Waals surface area (Å²) in [5, 5.41) is 3.05. The van der Waals surface area contributed by atoms with Gasteiger partial charge in [-0.25, -0.2) is 0 Å². The van der Waals surface area contributed by atoms with Gasteiger partial charge in [-0.15, -0.1) is 0 Å². The molecule has 15 heavy (non-hydrogen) atoms. The molecule has 3 unspecified atom stereocenters. The fourth-order valence-electron chi connectivity index (χ4n) is 2.13. The maximum Gasteiger partial charge on any atom is 0.246 e. The molecule has 1 aliphatic rings. The average Bonchev–Trinajstić information content (AvgIpc) is 2.50. The molecule has 1 aliphatic carbocycles. The van der Waals surface area contributed by atoms with Crippen molar-refractivity contribution in [2.24, 2.45) is 11.8 Å². The van der Waals surface area contributed by atoms with Crippen LogP contribution in [0.1, 0.15) is 40.0 Å². The van der Waals surface area contributed by atoms with Gasteiger partial charge in [-0.3, -0.25) is 4.79 Å². The van der Waals surface area contributed by atoms with Crippen molar-refractivity contribution < 1.29 is 9.53 Å². The Balaban J connectivity index is 2.20. The third kappa shape index (κ3) is 3.82. The number of carbonyl (C=O) groups excluding carboxylic acids is 1. The summed E-state index contributed by atoms with van der Waals surface area (Å²) >= 11 is 0.